The van der Waals surface area contributed by atoms with Gasteiger partial charge in [0.05, 0.1) is 30.3 Å². The van der Waals surface area contributed by atoms with Gasteiger partial charge < -0.3 is 9.64 Å². The Kier molecular flexibility index (Phi) is 4.85. The number of para-hydroxylation sites is 1. The molecule has 6 heteroatoms. The van der Waals surface area contributed by atoms with Crippen molar-refractivity contribution in [3.05, 3.63) is 42.4 Å². The van der Waals surface area contributed by atoms with Gasteiger partial charge in [-0.3, -0.25) is 0 Å². The smallest absolute Gasteiger partial charge is 0.163 e. The lowest BCUT2D eigenvalue weighted by atomic mass is 10.0. The van der Waals surface area contributed by atoms with E-state index in [1.54, 1.807) is 13.4 Å². The second kappa shape index (κ2) is 6.94. The Morgan fingerprint density at radius 3 is 2.58 bits per heavy atom. The number of hydrogen-bond acceptors (Lipinski definition) is 5. The number of benzene rings is 1. The zero-order valence-corrected chi connectivity index (χ0v) is 16.4. The predicted octanol–water partition coefficient (Wildman–Crippen LogP) is 4.18. The lowest BCUT2D eigenvalue weighted by Gasteiger charge is -2.30. The van der Waals surface area contributed by atoms with E-state index in [9.17, 15) is 0 Å². The van der Waals surface area contributed by atoms with Crippen LogP contribution in [0.25, 0.3) is 11.0 Å². The summed E-state index contributed by atoms with van der Waals surface area (Å²) >= 11 is 0. The SMILES string of the molecule is CC[C@@H](c1ccccc1OC)N(C)c1ncnc2c1cnn2C(C)(C)C. The molecule has 0 spiro atoms. The minimum atomic E-state index is -0.140. The third-order valence-corrected chi connectivity index (χ3v) is 4.67. The number of anilines is 1. The molecule has 1 atom stereocenters. The molecular weight excluding hydrogens is 326 g/mol. The summed E-state index contributed by atoms with van der Waals surface area (Å²) in [5.41, 5.74) is 1.86. The van der Waals surface area contributed by atoms with E-state index in [1.165, 1.54) is 0 Å². The first kappa shape index (κ1) is 18.2. The van der Waals surface area contributed by atoms with Crippen LogP contribution in [0.2, 0.25) is 0 Å². The van der Waals surface area contributed by atoms with E-state index in [2.05, 4.69) is 60.8 Å². The van der Waals surface area contributed by atoms with Gasteiger partial charge in [-0.15, -0.1) is 0 Å². The summed E-state index contributed by atoms with van der Waals surface area (Å²) in [5, 5.41) is 5.52. The molecule has 0 saturated carbocycles. The Hall–Kier alpha value is -2.63. The molecule has 6 nitrogen and oxygen atoms in total. The Bertz CT molecular complexity index is 897. The summed E-state index contributed by atoms with van der Waals surface area (Å²) in [5.74, 6) is 1.77. The first-order chi connectivity index (χ1) is 12.4. The number of rotatable bonds is 5. The molecule has 0 aliphatic rings. The van der Waals surface area contributed by atoms with Gasteiger partial charge in [0.1, 0.15) is 17.9 Å². The molecule has 3 aromatic rings. The van der Waals surface area contributed by atoms with Crippen LogP contribution in [0.15, 0.2) is 36.8 Å². The van der Waals surface area contributed by atoms with Gasteiger partial charge >= 0.3 is 0 Å². The number of ether oxygens (including phenoxy) is 1. The number of hydrogen-bond donors (Lipinski definition) is 0. The second-order valence-corrected chi connectivity index (χ2v) is 7.44. The molecule has 0 N–H and O–H groups in total. The van der Waals surface area contributed by atoms with E-state index in [-0.39, 0.29) is 11.6 Å². The molecule has 26 heavy (non-hydrogen) atoms. The lowest BCUT2D eigenvalue weighted by molar-refractivity contribution is 0.366. The van der Waals surface area contributed by atoms with Crippen molar-refractivity contribution < 1.29 is 4.74 Å². The van der Waals surface area contributed by atoms with Gasteiger partial charge in [0.25, 0.3) is 0 Å². The average molecular weight is 353 g/mol. The van der Waals surface area contributed by atoms with Crippen LogP contribution in [0, 0.1) is 0 Å². The maximum absolute atomic E-state index is 5.57. The molecule has 138 valence electrons. The van der Waals surface area contributed by atoms with Crippen molar-refractivity contribution in [2.45, 2.75) is 45.7 Å². The van der Waals surface area contributed by atoms with Crippen molar-refractivity contribution in [2.24, 2.45) is 0 Å². The van der Waals surface area contributed by atoms with E-state index >= 15 is 0 Å². The van der Waals surface area contributed by atoms with Crippen molar-refractivity contribution in [1.82, 2.24) is 19.7 Å². The van der Waals surface area contributed by atoms with Crippen molar-refractivity contribution in [1.29, 1.82) is 0 Å². The quantitative estimate of drug-likeness (QED) is 0.689. The molecule has 0 amide bonds. The van der Waals surface area contributed by atoms with Crippen molar-refractivity contribution in [3.8, 4) is 5.75 Å². The van der Waals surface area contributed by atoms with Gasteiger partial charge in [0, 0.05) is 12.6 Å². The molecular formula is C20H27N5O. The van der Waals surface area contributed by atoms with E-state index in [1.807, 2.05) is 29.1 Å². The third-order valence-electron chi connectivity index (χ3n) is 4.67. The van der Waals surface area contributed by atoms with Crippen LogP contribution < -0.4 is 9.64 Å². The van der Waals surface area contributed by atoms with Crippen LogP contribution in [0.1, 0.15) is 45.7 Å². The maximum atomic E-state index is 5.57. The van der Waals surface area contributed by atoms with Crippen LogP contribution >= 0.6 is 0 Å². The minimum absolute atomic E-state index is 0.140. The van der Waals surface area contributed by atoms with Gasteiger partial charge in [-0.05, 0) is 33.3 Å². The Labute approximate surface area is 154 Å². The van der Waals surface area contributed by atoms with E-state index in [4.69, 9.17) is 4.74 Å². The van der Waals surface area contributed by atoms with Gasteiger partial charge in [0.15, 0.2) is 5.65 Å². The van der Waals surface area contributed by atoms with Crippen LogP contribution in [-0.2, 0) is 5.54 Å². The van der Waals surface area contributed by atoms with Crippen LogP contribution in [0.5, 0.6) is 5.75 Å². The summed E-state index contributed by atoms with van der Waals surface area (Å²) in [7, 11) is 3.78. The molecule has 0 saturated heterocycles. The highest BCUT2D eigenvalue weighted by Gasteiger charge is 2.25. The molecule has 0 unspecified atom stereocenters. The zero-order valence-electron chi connectivity index (χ0n) is 16.4. The van der Waals surface area contributed by atoms with Crippen LogP contribution in [0.4, 0.5) is 5.82 Å². The highest BCUT2D eigenvalue weighted by Crippen LogP contribution is 2.35. The highest BCUT2D eigenvalue weighted by atomic mass is 16.5. The second-order valence-electron chi connectivity index (χ2n) is 7.44. The topological polar surface area (TPSA) is 56.1 Å². The molecule has 3 rings (SSSR count). The molecule has 2 heterocycles. The highest BCUT2D eigenvalue weighted by molar-refractivity contribution is 5.87. The summed E-state index contributed by atoms with van der Waals surface area (Å²) in [4.78, 5) is 11.2. The van der Waals surface area contributed by atoms with Crippen LogP contribution in [0.3, 0.4) is 0 Å². The lowest BCUT2D eigenvalue weighted by Crippen LogP contribution is -2.26. The molecule has 0 aliphatic carbocycles. The molecule has 0 fully saturated rings. The van der Waals surface area contributed by atoms with E-state index < -0.39 is 0 Å². The largest absolute Gasteiger partial charge is 0.496 e. The first-order valence-corrected chi connectivity index (χ1v) is 8.93. The maximum Gasteiger partial charge on any atom is 0.163 e. The van der Waals surface area contributed by atoms with Gasteiger partial charge in [-0.25, -0.2) is 14.6 Å². The van der Waals surface area contributed by atoms with Gasteiger partial charge in [-0.1, -0.05) is 25.1 Å². The summed E-state index contributed by atoms with van der Waals surface area (Å²) in [6.07, 6.45) is 4.41. The Morgan fingerprint density at radius 2 is 1.92 bits per heavy atom. The van der Waals surface area contributed by atoms with Crippen molar-refractivity contribution in [2.75, 3.05) is 19.1 Å². The van der Waals surface area contributed by atoms with Crippen molar-refractivity contribution >= 4 is 16.9 Å². The number of fused-ring (bicyclic) bond motifs is 1. The van der Waals surface area contributed by atoms with Crippen molar-refractivity contribution in [3.63, 3.8) is 0 Å². The number of methoxy groups -OCH3 is 1. The fourth-order valence-electron chi connectivity index (χ4n) is 3.40. The fourth-order valence-corrected chi connectivity index (χ4v) is 3.40. The zero-order chi connectivity index (χ0) is 18.9. The van der Waals surface area contributed by atoms with Crippen LogP contribution in [-0.4, -0.2) is 33.9 Å². The molecule has 2 aromatic heterocycles. The number of nitrogens with zero attached hydrogens (tertiary/aromatic N) is 5. The van der Waals surface area contributed by atoms with Gasteiger partial charge in [-0.2, -0.15) is 5.10 Å². The molecule has 0 aliphatic heterocycles. The van der Waals surface area contributed by atoms with Gasteiger partial charge in [0.2, 0.25) is 0 Å². The average Bonchev–Trinajstić information content (AvgIpc) is 3.07. The third kappa shape index (κ3) is 3.11. The summed E-state index contributed by atoms with van der Waals surface area (Å²) < 4.78 is 7.52. The summed E-state index contributed by atoms with van der Waals surface area (Å²) in [6.45, 7) is 8.53. The normalized spacial score (nSPS) is 13.0. The Balaban J connectivity index is 2.09. The first-order valence-electron chi connectivity index (χ1n) is 8.93. The standard InChI is InChI=1S/C20H27N5O/c1-7-16(14-10-8-9-11-17(14)26-6)24(5)18-15-12-23-25(20(2,3)4)19(15)22-13-21-18/h8-13,16H,7H2,1-6H3/t16-/m0/s1. The number of aromatic nitrogens is 4. The minimum Gasteiger partial charge on any atom is -0.496 e. The van der Waals surface area contributed by atoms with E-state index in [0.29, 0.717) is 0 Å². The molecule has 0 bridgehead atoms. The molecule has 1 aromatic carbocycles. The fraction of sp³-hybridized carbons (Fsp3) is 0.450. The van der Waals surface area contributed by atoms with E-state index in [0.717, 1.165) is 34.6 Å². The Morgan fingerprint density at radius 1 is 1.19 bits per heavy atom. The predicted molar refractivity (Wildman–Crippen MR) is 105 cm³/mol. The molecule has 0 radical (unpaired) electrons. The summed E-state index contributed by atoms with van der Waals surface area (Å²) in [6, 6.07) is 8.29. The monoisotopic (exact) mass is 353 g/mol.